The number of hydrogen-bond donors (Lipinski definition) is 0. The van der Waals surface area contributed by atoms with Gasteiger partial charge in [0.2, 0.25) is 0 Å². The first-order valence-electron chi connectivity index (χ1n) is 9.14. The summed E-state index contributed by atoms with van der Waals surface area (Å²) in [7, 11) is -4.70. The molecule has 10 heteroatoms. The van der Waals surface area contributed by atoms with Gasteiger partial charge in [0.05, 0.1) is 22.3 Å². The number of aromatic nitrogens is 3. The van der Waals surface area contributed by atoms with Crippen molar-refractivity contribution in [3.63, 3.8) is 0 Å². The normalized spacial score (nSPS) is 18.5. The zero-order valence-corrected chi connectivity index (χ0v) is 18.4. The van der Waals surface area contributed by atoms with E-state index in [1.165, 1.54) is 12.4 Å². The fourth-order valence-corrected chi connectivity index (χ4v) is 4.57. The van der Waals surface area contributed by atoms with Crippen molar-refractivity contribution in [3.05, 3.63) is 47.4 Å². The summed E-state index contributed by atoms with van der Waals surface area (Å²) < 4.78 is 39.9. The Morgan fingerprint density at radius 3 is 2.24 bits per heavy atom. The first-order valence-corrected chi connectivity index (χ1v) is 11.0. The van der Waals surface area contributed by atoms with E-state index in [2.05, 4.69) is 9.97 Å². The number of benzene rings is 1. The van der Waals surface area contributed by atoms with Crippen LogP contribution in [-0.4, -0.2) is 40.7 Å². The summed E-state index contributed by atoms with van der Waals surface area (Å²) in [6.45, 7) is 9.59. The van der Waals surface area contributed by atoms with Crippen LogP contribution in [0, 0.1) is 6.92 Å². The molecule has 0 amide bonds. The summed E-state index contributed by atoms with van der Waals surface area (Å²) in [5.74, 6) is 0. The largest absolute Gasteiger partial charge is 0.498 e. The molecule has 3 aromatic rings. The van der Waals surface area contributed by atoms with Crippen molar-refractivity contribution in [2.45, 2.75) is 50.7 Å². The molecule has 2 aromatic heterocycles. The first kappa shape index (κ1) is 20.3. The molecule has 7 nitrogen and oxygen atoms in total. The van der Waals surface area contributed by atoms with Gasteiger partial charge in [-0.2, -0.15) is 0 Å². The van der Waals surface area contributed by atoms with Crippen LogP contribution in [-0.2, 0) is 19.3 Å². The van der Waals surface area contributed by atoms with E-state index in [0.29, 0.717) is 11.0 Å². The van der Waals surface area contributed by atoms with Crippen molar-refractivity contribution in [1.82, 2.24) is 13.9 Å². The van der Waals surface area contributed by atoms with Crippen molar-refractivity contribution in [3.8, 4) is 0 Å². The van der Waals surface area contributed by atoms with Crippen LogP contribution in [0.5, 0.6) is 0 Å². The number of halogens is 1. The van der Waals surface area contributed by atoms with Crippen molar-refractivity contribution in [2.75, 3.05) is 0 Å². The summed E-state index contributed by atoms with van der Waals surface area (Å²) in [4.78, 5) is 8.70. The van der Waals surface area contributed by atoms with Gasteiger partial charge in [0.25, 0.3) is 10.0 Å². The van der Waals surface area contributed by atoms with Gasteiger partial charge in [-0.3, -0.25) is 0 Å². The minimum Gasteiger partial charge on any atom is -0.399 e. The molecule has 0 atom stereocenters. The molecule has 0 spiro atoms. The van der Waals surface area contributed by atoms with Crippen LogP contribution < -0.4 is 5.46 Å². The second-order valence-electron chi connectivity index (χ2n) is 8.15. The fraction of sp³-hybridized carbons (Fsp3) is 0.368. The molecule has 0 bridgehead atoms. The topological polar surface area (TPSA) is 83.3 Å². The average molecular weight is 434 g/mol. The Balaban J connectivity index is 1.91. The third-order valence-electron chi connectivity index (χ3n) is 5.55. The number of nitrogens with zero attached hydrogens (tertiary/aromatic N) is 3. The zero-order valence-electron chi connectivity index (χ0n) is 16.8. The molecule has 29 heavy (non-hydrogen) atoms. The highest BCUT2D eigenvalue weighted by Gasteiger charge is 2.53. The molecular formula is C19H21BClN3O4S. The first-order chi connectivity index (χ1) is 13.4. The van der Waals surface area contributed by atoms with Crippen molar-refractivity contribution in [2.24, 2.45) is 0 Å². The van der Waals surface area contributed by atoms with Crippen molar-refractivity contribution >= 4 is 45.4 Å². The quantitative estimate of drug-likeness (QED) is 0.591. The Morgan fingerprint density at radius 1 is 1.07 bits per heavy atom. The maximum absolute atomic E-state index is 13.3. The lowest BCUT2D eigenvalue weighted by molar-refractivity contribution is 0.00578. The molecule has 0 N–H and O–H groups in total. The molecular weight excluding hydrogens is 413 g/mol. The summed E-state index contributed by atoms with van der Waals surface area (Å²) in [6, 6.07) is 6.62. The lowest BCUT2D eigenvalue weighted by Gasteiger charge is -2.32. The Bertz CT molecular complexity index is 1190. The van der Waals surface area contributed by atoms with Gasteiger partial charge in [0.15, 0.2) is 5.65 Å². The molecule has 0 saturated carbocycles. The van der Waals surface area contributed by atoms with E-state index in [9.17, 15) is 8.42 Å². The molecule has 152 valence electrons. The number of hydrogen-bond acceptors (Lipinski definition) is 6. The molecule has 1 aliphatic heterocycles. The highest BCUT2D eigenvalue weighted by Crippen LogP contribution is 2.37. The molecule has 1 saturated heterocycles. The standard InChI is InChI=1S/C19H21BClN3O4S/c1-12-6-8-13(9-7-12)29(25,26)24-11-14(16-17(24)22-10-15(21)23-16)20-27-18(2,3)19(4,5)28-20/h6-11H,1-5H3. The summed E-state index contributed by atoms with van der Waals surface area (Å²) in [5.41, 5.74) is 0.739. The van der Waals surface area contributed by atoms with E-state index >= 15 is 0 Å². The van der Waals surface area contributed by atoms with Crippen LogP contribution in [0.4, 0.5) is 0 Å². The van der Waals surface area contributed by atoms with Gasteiger partial charge < -0.3 is 9.31 Å². The third kappa shape index (κ3) is 3.26. The van der Waals surface area contributed by atoms with Crippen molar-refractivity contribution in [1.29, 1.82) is 0 Å². The van der Waals surface area contributed by atoms with Gasteiger partial charge in [-0.25, -0.2) is 22.4 Å². The predicted molar refractivity (Wildman–Crippen MR) is 112 cm³/mol. The van der Waals surface area contributed by atoms with Crippen LogP contribution >= 0.6 is 11.6 Å². The number of fused-ring (bicyclic) bond motifs is 1. The molecule has 1 fully saturated rings. The number of rotatable bonds is 3. The van der Waals surface area contributed by atoms with Gasteiger partial charge in [-0.15, -0.1) is 0 Å². The fourth-order valence-electron chi connectivity index (χ4n) is 3.11. The zero-order chi connectivity index (χ0) is 21.2. The lowest BCUT2D eigenvalue weighted by Crippen LogP contribution is -2.41. The molecule has 4 rings (SSSR count). The minimum absolute atomic E-state index is 0.150. The van der Waals surface area contributed by atoms with Gasteiger partial charge in [0, 0.05) is 11.7 Å². The van der Waals surface area contributed by atoms with E-state index < -0.39 is 28.3 Å². The van der Waals surface area contributed by atoms with E-state index in [1.54, 1.807) is 24.3 Å². The monoisotopic (exact) mass is 433 g/mol. The van der Waals surface area contributed by atoms with Crippen LogP contribution in [0.1, 0.15) is 33.3 Å². The van der Waals surface area contributed by atoms with Gasteiger partial charge >= 0.3 is 7.12 Å². The molecule has 1 aromatic carbocycles. The van der Waals surface area contributed by atoms with Crippen molar-refractivity contribution < 1.29 is 17.7 Å². The molecule has 1 aliphatic rings. The molecule has 0 aliphatic carbocycles. The molecule has 0 radical (unpaired) electrons. The van der Waals surface area contributed by atoms with E-state index in [-0.39, 0.29) is 15.7 Å². The third-order valence-corrected chi connectivity index (χ3v) is 7.39. The maximum atomic E-state index is 13.3. The SMILES string of the molecule is Cc1ccc(S(=O)(=O)n2cc(B3OC(C)(C)C(C)(C)O3)c3nc(Cl)cnc32)cc1. The predicted octanol–water partition coefficient (Wildman–Crippen LogP) is 2.93. The summed E-state index contributed by atoms with van der Waals surface area (Å²) in [5, 5.41) is 0.153. The Morgan fingerprint density at radius 2 is 1.66 bits per heavy atom. The molecule has 0 unspecified atom stereocenters. The summed E-state index contributed by atoms with van der Waals surface area (Å²) in [6.07, 6.45) is 2.78. The number of aryl methyl sites for hydroxylation is 1. The molecule has 3 heterocycles. The van der Waals surface area contributed by atoms with E-state index in [4.69, 9.17) is 20.9 Å². The van der Waals surface area contributed by atoms with Crippen LogP contribution in [0.3, 0.4) is 0 Å². The van der Waals surface area contributed by atoms with Crippen LogP contribution in [0.15, 0.2) is 41.6 Å². The van der Waals surface area contributed by atoms with Gasteiger partial charge in [-0.05, 0) is 46.8 Å². The summed E-state index contributed by atoms with van der Waals surface area (Å²) >= 11 is 6.05. The van der Waals surface area contributed by atoms with E-state index in [0.717, 1.165) is 9.54 Å². The lowest BCUT2D eigenvalue weighted by atomic mass is 9.80. The van der Waals surface area contributed by atoms with Crippen LogP contribution in [0.2, 0.25) is 5.15 Å². The average Bonchev–Trinajstić information content (AvgIpc) is 3.09. The second kappa shape index (κ2) is 6.53. The Hall–Kier alpha value is -1.94. The maximum Gasteiger partial charge on any atom is 0.498 e. The Kier molecular flexibility index (Phi) is 4.58. The van der Waals surface area contributed by atoms with E-state index in [1.807, 2.05) is 34.6 Å². The van der Waals surface area contributed by atoms with Gasteiger partial charge in [-0.1, -0.05) is 29.3 Å². The second-order valence-corrected chi connectivity index (χ2v) is 10.4. The highest BCUT2D eigenvalue weighted by atomic mass is 35.5. The Labute approximate surface area is 175 Å². The minimum atomic E-state index is -3.90. The smallest absolute Gasteiger partial charge is 0.399 e. The highest BCUT2D eigenvalue weighted by molar-refractivity contribution is 7.90. The van der Waals surface area contributed by atoms with Crippen LogP contribution in [0.25, 0.3) is 11.2 Å². The van der Waals surface area contributed by atoms with Gasteiger partial charge in [0.1, 0.15) is 10.7 Å².